The van der Waals surface area contributed by atoms with E-state index in [1.807, 2.05) is 0 Å². The van der Waals surface area contributed by atoms with Crippen molar-refractivity contribution in [1.29, 1.82) is 0 Å². The fourth-order valence-electron chi connectivity index (χ4n) is 12.2. The number of ketones is 1. The van der Waals surface area contributed by atoms with Crippen molar-refractivity contribution in [3.05, 3.63) is 22.8 Å². The minimum absolute atomic E-state index is 0.101. The van der Waals surface area contributed by atoms with Crippen LogP contribution in [0.15, 0.2) is 22.8 Å². The van der Waals surface area contributed by atoms with E-state index in [0.29, 0.717) is 12.8 Å². The number of hydrogen-bond acceptors (Lipinski definition) is 16. The lowest BCUT2D eigenvalue weighted by Gasteiger charge is -2.54. The van der Waals surface area contributed by atoms with Gasteiger partial charge < -0.3 is 47.7 Å². The van der Waals surface area contributed by atoms with Crippen molar-refractivity contribution in [3.8, 4) is 0 Å². The molecule has 0 spiro atoms. The molecule has 1 N–H and O–H groups in total. The molecular formula is C45H62O16. The molecule has 61 heavy (non-hydrogen) atoms. The van der Waals surface area contributed by atoms with Gasteiger partial charge in [0.1, 0.15) is 18.8 Å². The van der Waals surface area contributed by atoms with Gasteiger partial charge in [-0.15, -0.1) is 0 Å². The number of hydrogen-bond donors (Lipinski definition) is 1. The number of esters is 5. The van der Waals surface area contributed by atoms with E-state index in [4.69, 9.17) is 42.6 Å². The number of carbonyl (C=O) groups is 6. The number of aliphatic hydroxyl groups is 1. The van der Waals surface area contributed by atoms with Gasteiger partial charge in [-0.25, -0.2) is 0 Å². The first-order chi connectivity index (χ1) is 28.6. The van der Waals surface area contributed by atoms with E-state index in [2.05, 4.69) is 19.9 Å². The van der Waals surface area contributed by atoms with E-state index >= 15 is 0 Å². The molecule has 0 amide bonds. The van der Waals surface area contributed by atoms with Crippen LogP contribution in [0.2, 0.25) is 0 Å². The molecule has 7 aliphatic rings. The highest BCUT2D eigenvalue weighted by Crippen LogP contribution is 2.67. The van der Waals surface area contributed by atoms with Crippen molar-refractivity contribution in [2.24, 2.45) is 34.5 Å². The Morgan fingerprint density at radius 2 is 1.41 bits per heavy atom. The Balaban J connectivity index is 1.13. The fraction of sp³-hybridized carbons (Fsp3) is 0.778. The molecule has 1 saturated carbocycles. The Bertz CT molecular complexity index is 1870. The van der Waals surface area contributed by atoms with Crippen LogP contribution in [0.3, 0.4) is 0 Å². The molecule has 3 heterocycles. The van der Waals surface area contributed by atoms with Crippen LogP contribution in [0.5, 0.6) is 0 Å². The number of carbonyl (C=O) groups excluding carboxylic acids is 6. The van der Waals surface area contributed by atoms with Gasteiger partial charge in [0, 0.05) is 40.5 Å². The molecule has 16 atom stereocenters. The van der Waals surface area contributed by atoms with Crippen LogP contribution < -0.4 is 0 Å². The van der Waals surface area contributed by atoms with Gasteiger partial charge in [0.2, 0.25) is 6.29 Å². The molecule has 4 aliphatic carbocycles. The summed E-state index contributed by atoms with van der Waals surface area (Å²) in [6, 6.07) is 0. The molecule has 4 fully saturated rings. The Hall–Kier alpha value is -3.70. The van der Waals surface area contributed by atoms with E-state index in [0.717, 1.165) is 32.1 Å². The smallest absolute Gasteiger partial charge is 0.304 e. The molecule has 16 nitrogen and oxygen atoms in total. The molecule has 0 aromatic heterocycles. The van der Waals surface area contributed by atoms with Crippen molar-refractivity contribution in [2.45, 2.75) is 181 Å². The summed E-state index contributed by atoms with van der Waals surface area (Å²) in [4.78, 5) is 74.2. The van der Waals surface area contributed by atoms with Gasteiger partial charge in [0.15, 0.2) is 36.0 Å². The van der Waals surface area contributed by atoms with E-state index in [1.54, 1.807) is 13.8 Å². The van der Waals surface area contributed by atoms with Gasteiger partial charge in [0.25, 0.3) is 0 Å². The largest absolute Gasteiger partial charge is 0.463 e. The summed E-state index contributed by atoms with van der Waals surface area (Å²) >= 11 is 0. The van der Waals surface area contributed by atoms with Crippen molar-refractivity contribution in [2.75, 3.05) is 6.61 Å². The van der Waals surface area contributed by atoms with E-state index in [-0.39, 0.29) is 47.4 Å². The van der Waals surface area contributed by atoms with Crippen LogP contribution in [0.4, 0.5) is 0 Å². The summed E-state index contributed by atoms with van der Waals surface area (Å²) in [7, 11) is 0. The minimum atomic E-state index is -1.83. The molecule has 3 saturated heterocycles. The van der Waals surface area contributed by atoms with Gasteiger partial charge >= 0.3 is 29.8 Å². The summed E-state index contributed by atoms with van der Waals surface area (Å²) in [6.45, 7) is 15.3. The zero-order valence-corrected chi connectivity index (χ0v) is 36.9. The van der Waals surface area contributed by atoms with Crippen LogP contribution >= 0.6 is 0 Å². The summed E-state index contributed by atoms with van der Waals surface area (Å²) in [5.41, 5.74) is 1.74. The van der Waals surface area contributed by atoms with Crippen molar-refractivity contribution >= 4 is 35.6 Å². The molecular weight excluding hydrogens is 796 g/mol. The third-order valence-electron chi connectivity index (χ3n) is 14.9. The lowest BCUT2D eigenvalue weighted by molar-refractivity contribution is -0.320. The Morgan fingerprint density at radius 1 is 0.770 bits per heavy atom. The molecule has 0 aromatic rings. The molecule has 16 heteroatoms. The van der Waals surface area contributed by atoms with Crippen LogP contribution in [-0.2, 0) is 71.4 Å². The van der Waals surface area contributed by atoms with E-state index in [9.17, 15) is 33.9 Å². The standard InChI is InChI=1S/C45H62O16/c1-20(2)45(52,21(3)46)40-37-34(41(61-40)57-26(8)51)35-32(59-37)18-31-29-12-11-27-17-28(13-15-43(27,9)30(29)14-16-44(31,35)10)58-42-39(56-25(7)50)38(55-24(6)49)36(54-23(5)48)33(60-42)19-53-22(4)47/h18,20,27-28,32-42,52H,11-17,19H2,1-10H3/t27?,28-,32?,33+,34-,35?,36+,37+,38-,39+,40-,41-,42+,43-,44-,45?/m0/s1. The van der Waals surface area contributed by atoms with Crippen molar-refractivity contribution < 1.29 is 76.5 Å². The predicted octanol–water partition coefficient (Wildman–Crippen LogP) is 4.36. The maximum absolute atomic E-state index is 13.0. The average molecular weight is 859 g/mol. The van der Waals surface area contributed by atoms with Gasteiger partial charge in [-0.1, -0.05) is 39.3 Å². The highest BCUT2D eigenvalue weighted by Gasteiger charge is 2.70. The number of fused-ring (bicyclic) bond motifs is 8. The quantitative estimate of drug-likeness (QED) is 0.226. The van der Waals surface area contributed by atoms with Gasteiger partial charge in [-0.05, 0) is 85.7 Å². The van der Waals surface area contributed by atoms with Crippen LogP contribution in [0.1, 0.15) is 114 Å². The second-order valence-corrected chi connectivity index (χ2v) is 18.9. The first kappa shape index (κ1) is 45.3. The van der Waals surface area contributed by atoms with Crippen molar-refractivity contribution in [1.82, 2.24) is 0 Å². The Morgan fingerprint density at radius 3 is 2.02 bits per heavy atom. The van der Waals surface area contributed by atoms with Gasteiger partial charge in [-0.3, -0.25) is 28.8 Å². The van der Waals surface area contributed by atoms with E-state index < -0.39 is 96.4 Å². The average Bonchev–Trinajstić information content (AvgIpc) is 3.79. The monoisotopic (exact) mass is 858 g/mol. The molecule has 3 aliphatic heterocycles. The number of rotatable bonds is 11. The molecule has 7 rings (SSSR count). The summed E-state index contributed by atoms with van der Waals surface area (Å²) in [5.74, 6) is -4.35. The number of Topliss-reactive ketones (excluding diaryl/α,β-unsaturated/α-hetero) is 1. The fourth-order valence-corrected chi connectivity index (χ4v) is 12.2. The Kier molecular flexibility index (Phi) is 12.5. The Labute approximate surface area is 356 Å². The highest BCUT2D eigenvalue weighted by atomic mass is 16.7. The second-order valence-electron chi connectivity index (χ2n) is 18.9. The van der Waals surface area contributed by atoms with Crippen molar-refractivity contribution in [3.63, 3.8) is 0 Å². The number of ether oxygens (including phenoxy) is 9. The third kappa shape index (κ3) is 7.97. The molecule has 0 bridgehead atoms. The first-order valence-electron chi connectivity index (χ1n) is 21.7. The molecule has 338 valence electrons. The van der Waals surface area contributed by atoms with Gasteiger partial charge in [-0.2, -0.15) is 0 Å². The van der Waals surface area contributed by atoms with Crippen LogP contribution in [0, 0.1) is 34.5 Å². The highest BCUT2D eigenvalue weighted by molar-refractivity contribution is 5.86. The first-order valence-corrected chi connectivity index (χ1v) is 21.7. The molecule has 4 unspecified atom stereocenters. The molecule has 0 radical (unpaired) electrons. The topological polar surface area (TPSA) is 206 Å². The molecule has 0 aromatic carbocycles. The maximum atomic E-state index is 13.0. The normalized spacial score (nSPS) is 40.9. The maximum Gasteiger partial charge on any atom is 0.304 e. The lowest BCUT2D eigenvalue weighted by Crippen LogP contribution is -2.63. The van der Waals surface area contributed by atoms with Crippen LogP contribution in [-0.4, -0.2) is 114 Å². The van der Waals surface area contributed by atoms with Crippen LogP contribution in [0.25, 0.3) is 0 Å². The lowest BCUT2D eigenvalue weighted by atomic mass is 9.51. The predicted molar refractivity (Wildman–Crippen MR) is 210 cm³/mol. The summed E-state index contributed by atoms with van der Waals surface area (Å²) < 4.78 is 53.9. The van der Waals surface area contributed by atoms with Gasteiger partial charge in [0.05, 0.1) is 24.2 Å². The zero-order chi connectivity index (χ0) is 44.5. The third-order valence-corrected chi connectivity index (χ3v) is 14.9. The number of allylic oxidation sites excluding steroid dienone is 3. The summed E-state index contributed by atoms with van der Waals surface area (Å²) in [6.07, 6.45) is -1.71. The zero-order valence-electron chi connectivity index (χ0n) is 36.9. The second kappa shape index (κ2) is 16.8. The minimum Gasteiger partial charge on any atom is -0.463 e. The van der Waals surface area contributed by atoms with E-state index in [1.165, 1.54) is 58.3 Å². The summed E-state index contributed by atoms with van der Waals surface area (Å²) in [5, 5.41) is 11.8. The SMILES string of the molecule is CC(=O)OC[C@H]1O[C@@H](O[C@H]2CC[C@]3(C)C4=C(CCC3C2)C2=CC3O[C@@H]5[C@H](C3[C@@]2(C)CC4)[C@@H](OC(C)=O)O[C@@H]5C(O)(C(C)=O)C(C)C)[C@H](OC(C)=O)[C@@H](OC(C)=O)[C@@H]1OC(C)=O.